The molecule has 0 fully saturated rings. The van der Waals surface area contributed by atoms with Crippen LogP contribution in [0.3, 0.4) is 0 Å². The minimum atomic E-state index is -3.43. The fourth-order valence-electron chi connectivity index (χ4n) is 4.39. The summed E-state index contributed by atoms with van der Waals surface area (Å²) in [7, 11) is -3.43. The van der Waals surface area contributed by atoms with E-state index >= 15 is 0 Å². The molecule has 2 aromatic heterocycles. The highest BCUT2D eigenvalue weighted by Crippen LogP contribution is 2.25. The maximum Gasteiger partial charge on any atom is 0.352 e. The number of aliphatic hydroxyl groups excluding tert-OH is 1. The van der Waals surface area contributed by atoms with Gasteiger partial charge in [-0.25, -0.2) is 18.2 Å². The summed E-state index contributed by atoms with van der Waals surface area (Å²) in [6, 6.07) is 17.8. The van der Waals surface area contributed by atoms with Crippen LogP contribution in [0.1, 0.15) is 40.2 Å². The van der Waals surface area contributed by atoms with Gasteiger partial charge in [-0.2, -0.15) is 0 Å². The first-order chi connectivity index (χ1) is 18.0. The predicted molar refractivity (Wildman–Crippen MR) is 148 cm³/mol. The highest BCUT2D eigenvalue weighted by Gasteiger charge is 2.17. The first-order valence-corrected chi connectivity index (χ1v) is 13.9. The van der Waals surface area contributed by atoms with E-state index in [9.17, 15) is 23.4 Å². The van der Waals surface area contributed by atoms with Gasteiger partial charge >= 0.3 is 5.97 Å². The van der Waals surface area contributed by atoms with E-state index in [0.717, 1.165) is 28.3 Å². The number of benzene rings is 2. The van der Waals surface area contributed by atoms with Gasteiger partial charge in [0.15, 0.2) is 0 Å². The molecule has 2 aromatic carbocycles. The van der Waals surface area contributed by atoms with Crippen LogP contribution >= 0.6 is 0 Å². The Morgan fingerprint density at radius 3 is 2.58 bits per heavy atom. The largest absolute Gasteiger partial charge is 0.477 e. The Bertz CT molecular complexity index is 1550. The first-order valence-electron chi connectivity index (χ1n) is 12.0. The quantitative estimate of drug-likeness (QED) is 0.195. The zero-order valence-corrected chi connectivity index (χ0v) is 21.9. The molecule has 2 heterocycles. The number of anilines is 2. The summed E-state index contributed by atoms with van der Waals surface area (Å²) >= 11 is 0. The van der Waals surface area contributed by atoms with Gasteiger partial charge in [0.1, 0.15) is 11.5 Å². The number of nitrogens with one attached hydrogen (secondary N) is 2. The SMILES string of the molecule is CC(Cc1ccc2c(c1)cc(C(=O)O)n2Cc1cccc(NS(C)(=O)=O)c1)NCC(O)c1ccc(N)nc1. The number of carboxylic acids is 1. The number of carboxylic acid groups (broad SMARTS) is 1. The van der Waals surface area contributed by atoms with E-state index in [1.54, 1.807) is 47.2 Å². The number of fused-ring (bicyclic) bond motifs is 1. The standard InChI is InChI=1S/C27H31N5O5S/c1-17(29-15-25(33)20-7-9-26(28)30-14-20)10-18-6-8-23-21(11-18)13-24(27(34)35)32(23)16-19-4-3-5-22(12-19)31-38(2,36)37/h3-9,11-14,17,25,29,31,33H,10,15-16H2,1-2H3,(H2,28,30)(H,34,35). The van der Waals surface area contributed by atoms with E-state index in [1.807, 2.05) is 31.2 Å². The van der Waals surface area contributed by atoms with Gasteiger partial charge in [0.25, 0.3) is 0 Å². The van der Waals surface area contributed by atoms with Crippen molar-refractivity contribution in [3.63, 3.8) is 0 Å². The zero-order chi connectivity index (χ0) is 27.4. The molecule has 38 heavy (non-hydrogen) atoms. The van der Waals surface area contributed by atoms with Crippen molar-refractivity contribution in [1.29, 1.82) is 0 Å². The summed E-state index contributed by atoms with van der Waals surface area (Å²) in [6.45, 7) is 2.63. The van der Waals surface area contributed by atoms with Crippen molar-refractivity contribution in [3.05, 3.63) is 89.2 Å². The second-order valence-corrected chi connectivity index (χ2v) is 11.2. The zero-order valence-electron chi connectivity index (χ0n) is 21.1. The predicted octanol–water partition coefficient (Wildman–Crippen LogP) is 2.99. The average molecular weight is 538 g/mol. The second kappa shape index (κ2) is 11.2. The third-order valence-corrected chi connectivity index (χ3v) is 6.76. The van der Waals surface area contributed by atoms with E-state index in [0.29, 0.717) is 30.0 Å². The number of pyridine rings is 1. The van der Waals surface area contributed by atoms with E-state index in [1.165, 1.54) is 0 Å². The lowest BCUT2D eigenvalue weighted by atomic mass is 10.0. The maximum absolute atomic E-state index is 12.0. The molecule has 6 N–H and O–H groups in total. The number of hydrogen-bond acceptors (Lipinski definition) is 7. The van der Waals surface area contributed by atoms with Crippen LogP contribution in [0.2, 0.25) is 0 Å². The van der Waals surface area contributed by atoms with E-state index in [-0.39, 0.29) is 18.3 Å². The van der Waals surface area contributed by atoms with Gasteiger partial charge in [-0.05, 0) is 60.9 Å². The lowest BCUT2D eigenvalue weighted by Crippen LogP contribution is -2.32. The molecule has 0 radical (unpaired) electrons. The second-order valence-electron chi connectivity index (χ2n) is 9.43. The van der Waals surface area contributed by atoms with Crippen LogP contribution in [-0.4, -0.2) is 53.0 Å². The van der Waals surface area contributed by atoms with Gasteiger partial charge in [0.05, 0.1) is 12.4 Å². The average Bonchev–Trinajstić information content (AvgIpc) is 3.20. The number of carbonyl (C=O) groups is 1. The van der Waals surface area contributed by atoms with Crippen molar-refractivity contribution in [2.45, 2.75) is 32.0 Å². The summed E-state index contributed by atoms with van der Waals surface area (Å²) in [5.74, 6) is -0.649. The highest BCUT2D eigenvalue weighted by atomic mass is 32.2. The Hall–Kier alpha value is -3.93. The minimum absolute atomic E-state index is 0.0509. The molecule has 10 nitrogen and oxygen atoms in total. The Kier molecular flexibility index (Phi) is 8.00. The summed E-state index contributed by atoms with van der Waals surface area (Å²) in [6.07, 6.45) is 2.60. The molecule has 0 saturated carbocycles. The van der Waals surface area contributed by atoms with Gasteiger partial charge in [0, 0.05) is 47.5 Å². The highest BCUT2D eigenvalue weighted by molar-refractivity contribution is 7.92. The molecule has 0 bridgehead atoms. The molecule has 0 spiro atoms. The minimum Gasteiger partial charge on any atom is -0.477 e. The number of nitrogen functional groups attached to an aromatic ring is 1. The van der Waals surface area contributed by atoms with Crippen molar-refractivity contribution in [1.82, 2.24) is 14.9 Å². The fraction of sp³-hybridized carbons (Fsp3) is 0.259. The van der Waals surface area contributed by atoms with Gasteiger partial charge in [-0.1, -0.05) is 24.3 Å². The van der Waals surface area contributed by atoms with E-state index in [2.05, 4.69) is 15.0 Å². The van der Waals surface area contributed by atoms with Crippen LogP contribution in [0.5, 0.6) is 0 Å². The van der Waals surface area contributed by atoms with E-state index < -0.39 is 22.1 Å². The normalized spacial score (nSPS) is 13.3. The Morgan fingerprint density at radius 1 is 1.11 bits per heavy atom. The molecule has 4 rings (SSSR count). The number of aromatic carboxylic acids is 1. The first kappa shape index (κ1) is 27.1. The summed E-state index contributed by atoms with van der Waals surface area (Å²) < 4.78 is 27.3. The number of nitrogens with two attached hydrogens (primary N) is 1. The molecule has 2 unspecified atom stereocenters. The van der Waals surface area contributed by atoms with E-state index in [4.69, 9.17) is 5.73 Å². The van der Waals surface area contributed by atoms with Crippen LogP contribution in [0, 0.1) is 0 Å². The van der Waals surface area contributed by atoms with Crippen LogP contribution < -0.4 is 15.8 Å². The molecule has 200 valence electrons. The lowest BCUT2D eigenvalue weighted by molar-refractivity contribution is 0.0686. The Labute approximate surface area is 221 Å². The third kappa shape index (κ3) is 6.88. The van der Waals surface area contributed by atoms with Crippen LogP contribution in [0.4, 0.5) is 11.5 Å². The smallest absolute Gasteiger partial charge is 0.352 e. The summed E-state index contributed by atoms with van der Waals surface area (Å²) in [4.78, 5) is 16.0. The molecule has 0 aliphatic rings. The number of nitrogens with zero attached hydrogens (tertiary/aromatic N) is 2. The van der Waals surface area contributed by atoms with Crippen molar-refractivity contribution in [2.24, 2.45) is 0 Å². The molecule has 11 heteroatoms. The van der Waals surface area contributed by atoms with Crippen molar-refractivity contribution >= 4 is 38.4 Å². The topological polar surface area (TPSA) is 160 Å². The van der Waals surface area contributed by atoms with Gasteiger partial charge < -0.3 is 25.8 Å². The Balaban J connectivity index is 1.49. The van der Waals surface area contributed by atoms with Crippen molar-refractivity contribution in [2.75, 3.05) is 23.3 Å². The maximum atomic E-state index is 12.0. The van der Waals surface area contributed by atoms with Gasteiger partial charge in [-0.3, -0.25) is 4.72 Å². The van der Waals surface area contributed by atoms with Crippen LogP contribution in [0.25, 0.3) is 10.9 Å². The van der Waals surface area contributed by atoms with Crippen molar-refractivity contribution in [3.8, 4) is 0 Å². The number of hydrogen-bond donors (Lipinski definition) is 5. The monoisotopic (exact) mass is 537 g/mol. The summed E-state index contributed by atoms with van der Waals surface area (Å²) in [5.41, 5.74) is 9.39. The van der Waals surface area contributed by atoms with Gasteiger partial charge in [0.2, 0.25) is 10.0 Å². The molecule has 0 amide bonds. The summed E-state index contributed by atoms with van der Waals surface area (Å²) in [5, 5.41) is 24.4. The number of rotatable bonds is 11. The molecular weight excluding hydrogens is 506 g/mol. The fourth-order valence-corrected chi connectivity index (χ4v) is 4.95. The number of sulfonamides is 1. The van der Waals surface area contributed by atoms with Crippen LogP contribution in [0.15, 0.2) is 66.9 Å². The number of aromatic nitrogens is 2. The third-order valence-electron chi connectivity index (χ3n) is 6.15. The van der Waals surface area contributed by atoms with Crippen molar-refractivity contribution < 1.29 is 23.4 Å². The van der Waals surface area contributed by atoms with Gasteiger partial charge in [-0.15, -0.1) is 0 Å². The molecular formula is C27H31N5O5S. The molecule has 4 aromatic rings. The lowest BCUT2D eigenvalue weighted by Gasteiger charge is -2.17. The molecule has 2 atom stereocenters. The number of aliphatic hydroxyl groups is 1. The van der Waals surface area contributed by atoms with Crippen LogP contribution in [-0.2, 0) is 23.0 Å². The molecule has 0 saturated heterocycles. The Morgan fingerprint density at radius 2 is 1.89 bits per heavy atom. The molecule has 0 aliphatic carbocycles. The molecule has 0 aliphatic heterocycles.